The smallest absolute Gasteiger partial charge is 0.301 e. The highest BCUT2D eigenvalue weighted by Crippen LogP contribution is 1.98. The summed E-state index contributed by atoms with van der Waals surface area (Å²) in [6.07, 6.45) is 1.17. The van der Waals surface area contributed by atoms with Gasteiger partial charge in [-0.05, 0) is 13.0 Å². The Balaban J connectivity index is 3.95. The van der Waals surface area contributed by atoms with Gasteiger partial charge in [-0.25, -0.2) is 0 Å². The first-order chi connectivity index (χ1) is 5.99. The molecule has 13 heavy (non-hydrogen) atoms. The zero-order chi connectivity index (χ0) is 10.4. The van der Waals surface area contributed by atoms with Crippen LogP contribution < -0.4 is 0 Å². The molecule has 2 unspecified atom stereocenters. The Hall–Kier alpha value is -0.720. The van der Waals surface area contributed by atoms with Crippen molar-refractivity contribution in [3.63, 3.8) is 0 Å². The van der Waals surface area contributed by atoms with Crippen molar-refractivity contribution in [1.82, 2.24) is 4.90 Å². The van der Waals surface area contributed by atoms with E-state index in [1.807, 2.05) is 0 Å². The van der Waals surface area contributed by atoms with Gasteiger partial charge in [-0.15, -0.1) is 0 Å². The predicted molar refractivity (Wildman–Crippen MR) is 49.2 cm³/mol. The van der Waals surface area contributed by atoms with E-state index in [-0.39, 0.29) is 18.6 Å². The van der Waals surface area contributed by atoms with Crippen molar-refractivity contribution >= 4 is 17.3 Å². The molecule has 0 rings (SSSR count). The van der Waals surface area contributed by atoms with Gasteiger partial charge in [0.05, 0.1) is 12.6 Å². The second kappa shape index (κ2) is 5.85. The summed E-state index contributed by atoms with van der Waals surface area (Å²) in [5.41, 5.74) is 0. The van der Waals surface area contributed by atoms with Gasteiger partial charge in [0.25, 0.3) is 0 Å². The van der Waals surface area contributed by atoms with E-state index in [0.717, 1.165) is 0 Å². The summed E-state index contributed by atoms with van der Waals surface area (Å²) in [4.78, 5) is 12.4. The van der Waals surface area contributed by atoms with Crippen molar-refractivity contribution in [3.05, 3.63) is 12.7 Å². The number of likely N-dealkylation sites (N-methyl/N-ethyl adjacent to an activating group) is 1. The molecule has 76 valence electrons. The molecule has 0 aromatic rings. The summed E-state index contributed by atoms with van der Waals surface area (Å²) >= 11 is -2.28. The van der Waals surface area contributed by atoms with E-state index in [0.29, 0.717) is 0 Å². The molecule has 0 aliphatic heterocycles. The molecule has 6 heteroatoms. The second-order valence-electron chi connectivity index (χ2n) is 2.50. The highest BCUT2D eigenvalue weighted by molar-refractivity contribution is 7.74. The summed E-state index contributed by atoms with van der Waals surface area (Å²) in [6.45, 7) is 5.03. The first kappa shape index (κ1) is 12.3. The van der Waals surface area contributed by atoms with Crippen molar-refractivity contribution in [3.8, 4) is 0 Å². The lowest BCUT2D eigenvalue weighted by Gasteiger charge is -2.22. The lowest BCUT2D eigenvalue weighted by molar-refractivity contribution is -0.127. The fourth-order valence-corrected chi connectivity index (χ4v) is 0.943. The third-order valence-corrected chi connectivity index (χ3v) is 1.93. The van der Waals surface area contributed by atoms with Crippen LogP contribution in [0.1, 0.15) is 6.92 Å². The molecule has 0 aliphatic carbocycles. The molecule has 0 aliphatic rings. The van der Waals surface area contributed by atoms with E-state index < -0.39 is 11.4 Å². The maximum atomic E-state index is 11.0. The molecular formula is C7H13NO4S. The monoisotopic (exact) mass is 207 g/mol. The first-order valence-electron chi connectivity index (χ1n) is 3.62. The van der Waals surface area contributed by atoms with Gasteiger partial charge in [-0.2, -0.15) is 4.21 Å². The van der Waals surface area contributed by atoms with Gasteiger partial charge in [0.1, 0.15) is 0 Å². The van der Waals surface area contributed by atoms with Crippen LogP contribution >= 0.6 is 0 Å². The molecule has 0 aromatic heterocycles. The van der Waals surface area contributed by atoms with Crippen molar-refractivity contribution < 1.29 is 17.7 Å². The Kier molecular flexibility index (Phi) is 5.52. The van der Waals surface area contributed by atoms with Crippen LogP contribution in [0.15, 0.2) is 12.7 Å². The predicted octanol–water partition coefficient (Wildman–Crippen LogP) is 0.173. The Morgan fingerprint density at radius 2 is 2.38 bits per heavy atom. The zero-order valence-electron chi connectivity index (χ0n) is 7.60. The lowest BCUT2D eigenvalue weighted by Crippen LogP contribution is -2.37. The van der Waals surface area contributed by atoms with Crippen LogP contribution in [0.5, 0.6) is 0 Å². The molecular weight excluding hydrogens is 194 g/mol. The molecule has 0 fully saturated rings. The summed E-state index contributed by atoms with van der Waals surface area (Å²) in [7, 11) is 1.57. The molecule has 2 atom stereocenters. The number of carbonyl (C=O) groups is 1. The molecule has 0 aromatic carbocycles. The van der Waals surface area contributed by atoms with Crippen molar-refractivity contribution in [2.75, 3.05) is 13.7 Å². The van der Waals surface area contributed by atoms with E-state index in [1.54, 1.807) is 14.0 Å². The highest BCUT2D eigenvalue weighted by atomic mass is 32.2. The standard InChI is InChI=1S/C7H13NO4S/c1-4-7(9)8(3)6(2)5-12-13(10)11/h4,6H,1,5H2,2-3H3,(H,10,11). The minimum absolute atomic E-state index is 0.0131. The molecule has 0 saturated carbocycles. The van der Waals surface area contributed by atoms with Crippen molar-refractivity contribution in [1.29, 1.82) is 0 Å². The van der Waals surface area contributed by atoms with E-state index in [9.17, 15) is 9.00 Å². The minimum Gasteiger partial charge on any atom is -0.337 e. The molecule has 1 N–H and O–H groups in total. The normalized spacial score (nSPS) is 14.7. The van der Waals surface area contributed by atoms with Crippen LogP contribution in [0, 0.1) is 0 Å². The van der Waals surface area contributed by atoms with Crippen molar-refractivity contribution in [2.24, 2.45) is 0 Å². The fourth-order valence-electron chi connectivity index (χ4n) is 0.630. The third-order valence-electron chi connectivity index (χ3n) is 1.59. The fraction of sp³-hybridized carbons (Fsp3) is 0.571. The van der Waals surface area contributed by atoms with Crippen LogP contribution in [-0.2, 0) is 20.3 Å². The maximum absolute atomic E-state index is 11.0. The molecule has 0 spiro atoms. The van der Waals surface area contributed by atoms with Crippen LogP contribution in [0.4, 0.5) is 0 Å². The largest absolute Gasteiger partial charge is 0.337 e. The summed E-state index contributed by atoms with van der Waals surface area (Å²) < 4.78 is 22.9. The topological polar surface area (TPSA) is 66.8 Å². The first-order valence-corrected chi connectivity index (χ1v) is 4.65. The van der Waals surface area contributed by atoms with Gasteiger partial charge in [-0.1, -0.05) is 6.58 Å². The Labute approximate surface area is 79.9 Å². The van der Waals surface area contributed by atoms with Crippen LogP contribution in [0.25, 0.3) is 0 Å². The van der Waals surface area contributed by atoms with E-state index in [2.05, 4.69) is 10.8 Å². The number of rotatable bonds is 5. The van der Waals surface area contributed by atoms with E-state index in [1.165, 1.54) is 11.0 Å². The van der Waals surface area contributed by atoms with Gasteiger partial charge >= 0.3 is 11.4 Å². The summed E-state index contributed by atoms with van der Waals surface area (Å²) in [5.74, 6) is -0.250. The average Bonchev–Trinajstić information content (AvgIpc) is 2.11. The number of hydrogen-bond acceptors (Lipinski definition) is 3. The summed E-state index contributed by atoms with van der Waals surface area (Å²) in [5, 5.41) is 0. The van der Waals surface area contributed by atoms with Gasteiger partial charge in [0.15, 0.2) is 0 Å². The molecule has 5 nitrogen and oxygen atoms in total. The van der Waals surface area contributed by atoms with Crippen LogP contribution in [0.3, 0.4) is 0 Å². The van der Waals surface area contributed by atoms with Crippen molar-refractivity contribution in [2.45, 2.75) is 13.0 Å². The van der Waals surface area contributed by atoms with Gasteiger partial charge in [0, 0.05) is 7.05 Å². The van der Waals surface area contributed by atoms with E-state index >= 15 is 0 Å². The lowest BCUT2D eigenvalue weighted by atomic mass is 10.3. The van der Waals surface area contributed by atoms with Gasteiger partial charge in [0.2, 0.25) is 5.91 Å². The Morgan fingerprint density at radius 3 is 2.77 bits per heavy atom. The van der Waals surface area contributed by atoms with Gasteiger partial charge in [-0.3, -0.25) is 13.5 Å². The minimum atomic E-state index is -2.28. The number of amides is 1. The average molecular weight is 207 g/mol. The highest BCUT2D eigenvalue weighted by Gasteiger charge is 2.13. The number of carbonyl (C=O) groups excluding carboxylic acids is 1. The molecule has 0 saturated heterocycles. The number of hydrogen-bond donors (Lipinski definition) is 1. The molecule has 0 heterocycles. The van der Waals surface area contributed by atoms with E-state index in [4.69, 9.17) is 4.55 Å². The summed E-state index contributed by atoms with van der Waals surface area (Å²) in [6, 6.07) is -0.262. The van der Waals surface area contributed by atoms with Crippen LogP contribution in [0.2, 0.25) is 0 Å². The third kappa shape index (κ3) is 4.76. The van der Waals surface area contributed by atoms with Gasteiger partial charge < -0.3 is 4.90 Å². The molecule has 0 radical (unpaired) electrons. The zero-order valence-corrected chi connectivity index (χ0v) is 8.41. The quantitative estimate of drug-likeness (QED) is 0.515. The second-order valence-corrected chi connectivity index (χ2v) is 3.17. The maximum Gasteiger partial charge on any atom is 0.301 e. The SMILES string of the molecule is C=CC(=O)N(C)C(C)COS(=O)O. The van der Waals surface area contributed by atoms with Crippen LogP contribution in [-0.4, -0.2) is 39.3 Å². The molecule has 1 amide bonds. The Morgan fingerprint density at radius 1 is 1.85 bits per heavy atom. The molecule has 0 bridgehead atoms. The Bertz CT molecular complexity index is 219. The number of nitrogens with zero attached hydrogens (tertiary/aromatic N) is 1.